The Hall–Kier alpha value is -0.550. The first-order valence-electron chi connectivity index (χ1n) is 3.61. The average molecular weight is 172 g/mol. The minimum absolute atomic E-state index is 0.667. The summed E-state index contributed by atoms with van der Waals surface area (Å²) >= 11 is 1.58. The van der Waals surface area contributed by atoms with Gasteiger partial charge in [-0.1, -0.05) is 18.7 Å². The number of H-pyrrole nitrogens is 1. The van der Waals surface area contributed by atoms with Gasteiger partial charge in [0.2, 0.25) is 5.16 Å². The van der Waals surface area contributed by atoms with E-state index in [1.807, 2.05) is 6.92 Å². The molecule has 1 rings (SSSR count). The van der Waals surface area contributed by atoms with Crippen LogP contribution in [0.15, 0.2) is 5.16 Å². The van der Waals surface area contributed by atoms with Gasteiger partial charge in [0.25, 0.3) is 0 Å². The van der Waals surface area contributed by atoms with E-state index in [1.54, 1.807) is 11.8 Å². The fraction of sp³-hybridized carbons (Fsp3) is 0.667. The molecule has 0 bridgehead atoms. The van der Waals surface area contributed by atoms with Crippen LogP contribution in [-0.2, 0) is 6.42 Å². The maximum Gasteiger partial charge on any atom is 0.208 e. The molecule has 0 fully saturated rings. The number of nitrogens with two attached hydrogens (primary N) is 1. The molecule has 0 spiro atoms. The summed E-state index contributed by atoms with van der Waals surface area (Å²) in [6, 6.07) is 0. The number of aryl methyl sites for hydroxylation is 1. The van der Waals surface area contributed by atoms with Gasteiger partial charge in [0.05, 0.1) is 0 Å². The Morgan fingerprint density at radius 3 is 3.00 bits per heavy atom. The van der Waals surface area contributed by atoms with E-state index in [4.69, 9.17) is 5.73 Å². The summed E-state index contributed by atoms with van der Waals surface area (Å²) in [6.07, 6.45) is 0.899. The predicted octanol–water partition coefficient (Wildman–Crippen LogP) is 0.418. The Kier molecular flexibility index (Phi) is 3.38. The SMILES string of the molecule is CCc1nc(SCCN)n[nH]1. The number of aromatic amines is 1. The van der Waals surface area contributed by atoms with Crippen molar-refractivity contribution < 1.29 is 0 Å². The van der Waals surface area contributed by atoms with Crippen molar-refractivity contribution in [2.24, 2.45) is 5.73 Å². The van der Waals surface area contributed by atoms with Crippen LogP contribution in [-0.4, -0.2) is 27.5 Å². The fourth-order valence-corrected chi connectivity index (χ4v) is 1.24. The van der Waals surface area contributed by atoms with Gasteiger partial charge in [-0.2, -0.15) is 0 Å². The molecule has 0 unspecified atom stereocenters. The Bertz CT molecular complexity index is 210. The van der Waals surface area contributed by atoms with Crippen molar-refractivity contribution in [3.8, 4) is 0 Å². The molecule has 0 amide bonds. The van der Waals surface area contributed by atoms with Crippen LogP contribution in [0.2, 0.25) is 0 Å². The quantitative estimate of drug-likeness (QED) is 0.646. The summed E-state index contributed by atoms with van der Waals surface area (Å²) in [5, 5.41) is 7.64. The predicted molar refractivity (Wildman–Crippen MR) is 45.5 cm³/mol. The van der Waals surface area contributed by atoms with Gasteiger partial charge >= 0.3 is 0 Å². The minimum Gasteiger partial charge on any atom is -0.330 e. The molecule has 3 N–H and O–H groups in total. The topological polar surface area (TPSA) is 67.6 Å². The third-order valence-corrected chi connectivity index (χ3v) is 2.08. The summed E-state index contributed by atoms with van der Waals surface area (Å²) in [6.45, 7) is 2.71. The molecule has 0 atom stereocenters. The van der Waals surface area contributed by atoms with Gasteiger partial charge in [-0.15, -0.1) is 5.10 Å². The summed E-state index contributed by atoms with van der Waals surface area (Å²) < 4.78 is 0. The lowest BCUT2D eigenvalue weighted by molar-refractivity contribution is 0.941. The molecule has 5 heteroatoms. The van der Waals surface area contributed by atoms with Crippen molar-refractivity contribution in [1.82, 2.24) is 15.2 Å². The van der Waals surface area contributed by atoms with E-state index in [0.717, 1.165) is 23.2 Å². The molecule has 0 aliphatic rings. The van der Waals surface area contributed by atoms with Gasteiger partial charge in [0.1, 0.15) is 5.82 Å². The number of rotatable bonds is 4. The van der Waals surface area contributed by atoms with Crippen LogP contribution in [0.4, 0.5) is 0 Å². The molecule has 0 radical (unpaired) electrons. The van der Waals surface area contributed by atoms with Crippen LogP contribution in [0.25, 0.3) is 0 Å². The Morgan fingerprint density at radius 2 is 2.45 bits per heavy atom. The van der Waals surface area contributed by atoms with Crippen molar-refractivity contribution in [1.29, 1.82) is 0 Å². The molecule has 1 aromatic rings. The lowest BCUT2D eigenvalue weighted by Gasteiger charge is -1.88. The number of nitrogens with one attached hydrogen (secondary N) is 1. The maximum absolute atomic E-state index is 5.33. The molecule has 0 saturated carbocycles. The first kappa shape index (κ1) is 8.55. The van der Waals surface area contributed by atoms with E-state index in [0.29, 0.717) is 6.54 Å². The molecule has 0 aromatic carbocycles. The highest BCUT2D eigenvalue weighted by Gasteiger charge is 1.99. The highest BCUT2D eigenvalue weighted by atomic mass is 32.2. The zero-order valence-electron chi connectivity index (χ0n) is 6.50. The average Bonchev–Trinajstić information content (AvgIpc) is 2.48. The molecule has 0 aliphatic carbocycles. The maximum atomic E-state index is 5.33. The number of aromatic nitrogens is 3. The van der Waals surface area contributed by atoms with Crippen LogP contribution in [0.1, 0.15) is 12.7 Å². The smallest absolute Gasteiger partial charge is 0.208 e. The van der Waals surface area contributed by atoms with Crippen molar-refractivity contribution in [2.45, 2.75) is 18.5 Å². The largest absolute Gasteiger partial charge is 0.330 e. The van der Waals surface area contributed by atoms with E-state index in [2.05, 4.69) is 15.2 Å². The third-order valence-electron chi connectivity index (χ3n) is 1.20. The number of hydrogen-bond acceptors (Lipinski definition) is 4. The monoisotopic (exact) mass is 172 g/mol. The molecule has 0 saturated heterocycles. The summed E-state index contributed by atoms with van der Waals surface area (Å²) in [5.41, 5.74) is 5.33. The molecular formula is C6H12N4S. The number of nitrogens with zero attached hydrogens (tertiary/aromatic N) is 2. The molecule has 0 aliphatic heterocycles. The second kappa shape index (κ2) is 4.35. The first-order chi connectivity index (χ1) is 5.36. The van der Waals surface area contributed by atoms with E-state index < -0.39 is 0 Å². The van der Waals surface area contributed by atoms with E-state index in [-0.39, 0.29) is 0 Å². The van der Waals surface area contributed by atoms with Crippen LogP contribution in [0, 0.1) is 0 Å². The normalized spacial score (nSPS) is 10.4. The Labute approximate surface area is 70.0 Å². The Balaban J connectivity index is 2.44. The van der Waals surface area contributed by atoms with Crippen LogP contribution in [0.5, 0.6) is 0 Å². The summed E-state index contributed by atoms with van der Waals surface area (Å²) in [5.74, 6) is 1.81. The molecule has 1 heterocycles. The van der Waals surface area contributed by atoms with Crippen molar-refractivity contribution in [2.75, 3.05) is 12.3 Å². The van der Waals surface area contributed by atoms with Crippen LogP contribution >= 0.6 is 11.8 Å². The molecule has 1 aromatic heterocycles. The fourth-order valence-electron chi connectivity index (χ4n) is 0.651. The lowest BCUT2D eigenvalue weighted by Crippen LogP contribution is -2.01. The van der Waals surface area contributed by atoms with Gasteiger partial charge in [0, 0.05) is 18.7 Å². The Morgan fingerprint density at radius 1 is 1.64 bits per heavy atom. The van der Waals surface area contributed by atoms with Gasteiger partial charge in [-0.05, 0) is 0 Å². The van der Waals surface area contributed by atoms with E-state index in [9.17, 15) is 0 Å². The molecule has 11 heavy (non-hydrogen) atoms. The van der Waals surface area contributed by atoms with Gasteiger partial charge in [-0.3, -0.25) is 5.10 Å². The standard InChI is InChI=1S/C6H12N4S/c1-2-5-8-6(10-9-5)11-4-3-7/h2-4,7H2,1H3,(H,8,9,10). The van der Waals surface area contributed by atoms with Crippen molar-refractivity contribution in [3.05, 3.63) is 5.82 Å². The highest BCUT2D eigenvalue weighted by molar-refractivity contribution is 7.99. The molecular weight excluding hydrogens is 160 g/mol. The van der Waals surface area contributed by atoms with E-state index >= 15 is 0 Å². The van der Waals surface area contributed by atoms with Crippen LogP contribution in [0.3, 0.4) is 0 Å². The molecule has 4 nitrogen and oxygen atoms in total. The second-order valence-corrected chi connectivity index (χ2v) is 3.12. The molecule has 62 valence electrons. The number of thioether (sulfide) groups is 1. The third kappa shape index (κ3) is 2.51. The van der Waals surface area contributed by atoms with Gasteiger partial charge in [-0.25, -0.2) is 4.98 Å². The minimum atomic E-state index is 0.667. The second-order valence-electron chi connectivity index (χ2n) is 2.06. The van der Waals surface area contributed by atoms with Crippen LogP contribution < -0.4 is 5.73 Å². The summed E-state index contributed by atoms with van der Waals surface area (Å²) in [4.78, 5) is 4.21. The first-order valence-corrected chi connectivity index (χ1v) is 4.59. The van der Waals surface area contributed by atoms with Crippen molar-refractivity contribution >= 4 is 11.8 Å². The highest BCUT2D eigenvalue weighted by Crippen LogP contribution is 2.10. The van der Waals surface area contributed by atoms with E-state index in [1.165, 1.54) is 0 Å². The zero-order valence-corrected chi connectivity index (χ0v) is 7.32. The lowest BCUT2D eigenvalue weighted by atomic mass is 10.5. The van der Waals surface area contributed by atoms with Gasteiger partial charge < -0.3 is 5.73 Å². The number of hydrogen-bond donors (Lipinski definition) is 2. The van der Waals surface area contributed by atoms with Crippen molar-refractivity contribution in [3.63, 3.8) is 0 Å². The summed E-state index contributed by atoms with van der Waals surface area (Å²) in [7, 11) is 0. The van der Waals surface area contributed by atoms with Gasteiger partial charge in [0.15, 0.2) is 0 Å². The zero-order chi connectivity index (χ0) is 8.10.